The lowest BCUT2D eigenvalue weighted by molar-refractivity contribution is -0.117. The van der Waals surface area contributed by atoms with Crippen molar-refractivity contribution >= 4 is 23.2 Å². The summed E-state index contributed by atoms with van der Waals surface area (Å²) in [5.74, 6) is 0.245. The van der Waals surface area contributed by atoms with Crippen LogP contribution in [-0.2, 0) is 4.79 Å². The Morgan fingerprint density at radius 1 is 1.33 bits per heavy atom. The van der Waals surface area contributed by atoms with Crippen molar-refractivity contribution in [3.63, 3.8) is 0 Å². The van der Waals surface area contributed by atoms with Crippen molar-refractivity contribution in [2.24, 2.45) is 11.5 Å². The molecule has 18 heavy (non-hydrogen) atoms. The molecule has 0 fully saturated rings. The first-order valence-corrected chi connectivity index (χ1v) is 5.83. The van der Waals surface area contributed by atoms with E-state index in [2.05, 4.69) is 10.3 Å². The van der Waals surface area contributed by atoms with Crippen LogP contribution in [0.4, 0.5) is 17.3 Å². The molecule has 0 aliphatic heterocycles. The van der Waals surface area contributed by atoms with Gasteiger partial charge in [-0.25, -0.2) is 4.98 Å². The van der Waals surface area contributed by atoms with Gasteiger partial charge in [-0.1, -0.05) is 6.42 Å². The maximum Gasteiger partial charge on any atom is 0.242 e. The highest BCUT2D eigenvalue weighted by molar-refractivity contribution is 5.94. The van der Waals surface area contributed by atoms with Gasteiger partial charge in [-0.05, 0) is 31.5 Å². The monoisotopic (exact) mass is 252 g/mol. The molecule has 1 heterocycles. The van der Waals surface area contributed by atoms with Gasteiger partial charge in [0.15, 0.2) is 0 Å². The third-order valence-electron chi connectivity index (χ3n) is 2.51. The second kappa shape index (κ2) is 6.77. The van der Waals surface area contributed by atoms with E-state index in [1.54, 1.807) is 12.1 Å². The number of pyridine rings is 1. The van der Waals surface area contributed by atoms with E-state index >= 15 is 0 Å². The number of anilines is 3. The van der Waals surface area contributed by atoms with E-state index in [0.717, 1.165) is 12.8 Å². The molecule has 0 spiro atoms. The number of nitrogens with zero attached hydrogens (tertiary/aromatic N) is 1. The van der Waals surface area contributed by atoms with Crippen LogP contribution in [0.1, 0.15) is 19.3 Å². The number of hydrogen-bond acceptors (Lipinski definition) is 6. The van der Waals surface area contributed by atoms with E-state index in [9.17, 15) is 4.79 Å². The van der Waals surface area contributed by atoms with Crippen LogP contribution in [0.5, 0.6) is 0 Å². The number of carbonyl (C=O) groups excluding carboxylic acids is 1. The maximum absolute atomic E-state index is 11.7. The summed E-state index contributed by atoms with van der Waals surface area (Å²) in [5, 5.41) is 2.59. The molecule has 9 N–H and O–H groups in total. The molecular formula is C11H20N6O. The fourth-order valence-electron chi connectivity index (χ4n) is 1.41. The van der Waals surface area contributed by atoms with Gasteiger partial charge in [-0.15, -0.1) is 0 Å². The van der Waals surface area contributed by atoms with Gasteiger partial charge in [-0.2, -0.15) is 0 Å². The minimum Gasteiger partial charge on any atom is -0.396 e. The van der Waals surface area contributed by atoms with Crippen molar-refractivity contribution in [2.75, 3.05) is 23.3 Å². The fraction of sp³-hybridized carbons (Fsp3) is 0.455. The summed E-state index contributed by atoms with van der Waals surface area (Å²) in [6, 6.07) is 2.59. The van der Waals surface area contributed by atoms with Gasteiger partial charge < -0.3 is 28.3 Å². The zero-order valence-electron chi connectivity index (χ0n) is 10.2. The quantitative estimate of drug-likeness (QED) is 0.437. The molecule has 0 radical (unpaired) electrons. The second-order valence-electron chi connectivity index (χ2n) is 4.05. The number of nitrogens with one attached hydrogen (secondary N) is 1. The van der Waals surface area contributed by atoms with Crippen LogP contribution in [0.2, 0.25) is 0 Å². The molecule has 0 aromatic carbocycles. The lowest BCUT2D eigenvalue weighted by atomic mass is 10.1. The number of aromatic nitrogens is 1. The second-order valence-corrected chi connectivity index (χ2v) is 4.05. The van der Waals surface area contributed by atoms with Crippen molar-refractivity contribution < 1.29 is 4.79 Å². The minimum absolute atomic E-state index is 0.185. The Kier molecular flexibility index (Phi) is 5.34. The molecule has 1 aromatic heterocycles. The zero-order chi connectivity index (χ0) is 13.5. The highest BCUT2D eigenvalue weighted by atomic mass is 16.2. The summed E-state index contributed by atoms with van der Waals surface area (Å²) < 4.78 is 0. The zero-order valence-corrected chi connectivity index (χ0v) is 10.2. The van der Waals surface area contributed by atoms with Crippen LogP contribution in [-0.4, -0.2) is 23.5 Å². The Hall–Kier alpha value is -1.86. The molecule has 1 atom stereocenters. The Balaban J connectivity index is 2.50. The number of nitrogen functional groups attached to an aromatic ring is 2. The molecule has 0 aliphatic carbocycles. The highest BCUT2D eigenvalue weighted by Crippen LogP contribution is 2.14. The summed E-state index contributed by atoms with van der Waals surface area (Å²) in [7, 11) is 0. The predicted octanol–water partition coefficient (Wildman–Crippen LogP) is -0.359. The smallest absolute Gasteiger partial charge is 0.242 e. The predicted molar refractivity (Wildman–Crippen MR) is 72.6 cm³/mol. The lowest BCUT2D eigenvalue weighted by Gasteiger charge is -2.12. The van der Waals surface area contributed by atoms with Gasteiger partial charge in [0, 0.05) is 0 Å². The molecular weight excluding hydrogens is 232 g/mol. The Bertz CT molecular complexity index is 409. The molecule has 1 amide bonds. The van der Waals surface area contributed by atoms with Gasteiger partial charge in [0.25, 0.3) is 0 Å². The number of amides is 1. The number of rotatable bonds is 6. The number of hydrogen-bond donors (Lipinski definition) is 5. The molecule has 0 bridgehead atoms. The topological polar surface area (TPSA) is 146 Å². The summed E-state index contributed by atoms with van der Waals surface area (Å²) in [4.78, 5) is 15.7. The number of carbonyl (C=O) groups is 1. The van der Waals surface area contributed by atoms with Crippen molar-refractivity contribution in [1.29, 1.82) is 0 Å². The highest BCUT2D eigenvalue weighted by Gasteiger charge is 2.13. The van der Waals surface area contributed by atoms with E-state index < -0.39 is 6.04 Å². The molecule has 0 saturated heterocycles. The van der Waals surface area contributed by atoms with Gasteiger partial charge >= 0.3 is 0 Å². The van der Waals surface area contributed by atoms with Gasteiger partial charge in [0.05, 0.1) is 11.7 Å². The van der Waals surface area contributed by atoms with Crippen molar-refractivity contribution in [1.82, 2.24) is 4.98 Å². The van der Waals surface area contributed by atoms with Crippen LogP contribution >= 0.6 is 0 Å². The molecule has 7 heteroatoms. The molecule has 0 aliphatic rings. The molecule has 7 nitrogen and oxygen atoms in total. The molecule has 1 rings (SSSR count). The first-order chi connectivity index (χ1) is 8.54. The van der Waals surface area contributed by atoms with E-state index in [4.69, 9.17) is 22.9 Å². The largest absolute Gasteiger partial charge is 0.396 e. The summed E-state index contributed by atoms with van der Waals surface area (Å²) in [6.45, 7) is 0.602. The van der Waals surface area contributed by atoms with Crippen LogP contribution in [0.15, 0.2) is 12.1 Å². The SMILES string of the molecule is NCCCCC(N)C(=O)Nc1ccc(N)c(N)n1. The van der Waals surface area contributed by atoms with Crippen LogP contribution in [0, 0.1) is 0 Å². The minimum atomic E-state index is -0.572. The van der Waals surface area contributed by atoms with Gasteiger partial charge in [-0.3, -0.25) is 4.79 Å². The molecule has 0 saturated carbocycles. The first-order valence-electron chi connectivity index (χ1n) is 5.83. The normalized spacial score (nSPS) is 12.1. The third kappa shape index (κ3) is 4.19. The van der Waals surface area contributed by atoms with Crippen LogP contribution < -0.4 is 28.3 Å². The summed E-state index contributed by atoms with van der Waals surface area (Å²) in [5.41, 5.74) is 22.5. The summed E-state index contributed by atoms with van der Waals surface area (Å²) >= 11 is 0. The van der Waals surface area contributed by atoms with Crippen molar-refractivity contribution in [3.8, 4) is 0 Å². The standard InChI is InChI=1S/C11H20N6O/c12-6-2-1-3-8(14)11(18)17-9-5-4-7(13)10(15)16-9/h4-5,8H,1-3,6,12-14H2,(H3,15,16,17,18). The summed E-state index contributed by atoms with van der Waals surface area (Å²) in [6.07, 6.45) is 2.27. The van der Waals surface area contributed by atoms with Crippen molar-refractivity contribution in [2.45, 2.75) is 25.3 Å². The molecule has 1 unspecified atom stereocenters. The fourth-order valence-corrected chi connectivity index (χ4v) is 1.41. The van der Waals surface area contributed by atoms with Crippen LogP contribution in [0.3, 0.4) is 0 Å². The molecule has 100 valence electrons. The van der Waals surface area contributed by atoms with Crippen LogP contribution in [0.25, 0.3) is 0 Å². The average molecular weight is 252 g/mol. The Morgan fingerprint density at radius 3 is 2.67 bits per heavy atom. The van der Waals surface area contributed by atoms with E-state index in [-0.39, 0.29) is 11.7 Å². The Labute approximate surface area is 106 Å². The van der Waals surface area contributed by atoms with Gasteiger partial charge in [0.1, 0.15) is 11.6 Å². The lowest BCUT2D eigenvalue weighted by Crippen LogP contribution is -2.35. The number of unbranched alkanes of at least 4 members (excludes halogenated alkanes) is 1. The first kappa shape index (κ1) is 14.2. The van der Waals surface area contributed by atoms with E-state index in [1.165, 1.54) is 0 Å². The number of nitrogens with two attached hydrogens (primary N) is 4. The average Bonchev–Trinajstić information content (AvgIpc) is 2.34. The van der Waals surface area contributed by atoms with Gasteiger partial charge in [0.2, 0.25) is 5.91 Å². The Morgan fingerprint density at radius 2 is 2.06 bits per heavy atom. The maximum atomic E-state index is 11.7. The third-order valence-corrected chi connectivity index (χ3v) is 2.51. The van der Waals surface area contributed by atoms with Crippen molar-refractivity contribution in [3.05, 3.63) is 12.1 Å². The van der Waals surface area contributed by atoms with E-state index in [0.29, 0.717) is 24.5 Å². The molecule has 1 aromatic rings. The van der Waals surface area contributed by atoms with E-state index in [1.807, 2.05) is 0 Å².